The SMILES string of the molecule is COc1cc(CN2CCN(Cc3cc(C)c(OC(C)(C)C(=O)O)c(C(F)(F)F)c3)CC2)ccc1C(F)(F)F. The maximum absolute atomic E-state index is 13.8. The van der Waals surface area contributed by atoms with Crippen molar-refractivity contribution in [2.75, 3.05) is 33.3 Å². The lowest BCUT2D eigenvalue weighted by atomic mass is 10.0. The monoisotopic (exact) mass is 548 g/mol. The van der Waals surface area contributed by atoms with Crippen LogP contribution in [0.3, 0.4) is 0 Å². The lowest BCUT2D eigenvalue weighted by Crippen LogP contribution is -2.45. The molecule has 12 heteroatoms. The second kappa shape index (κ2) is 11.0. The smallest absolute Gasteiger partial charge is 0.419 e. The molecule has 0 unspecified atom stereocenters. The molecular formula is C26H30F6N2O4. The molecule has 0 atom stereocenters. The molecule has 1 aliphatic rings. The molecule has 1 fully saturated rings. The third kappa shape index (κ3) is 7.10. The first-order valence-corrected chi connectivity index (χ1v) is 11.8. The normalized spacial score (nSPS) is 15.9. The summed E-state index contributed by atoms with van der Waals surface area (Å²) in [5, 5.41) is 9.27. The van der Waals surface area contributed by atoms with Crippen LogP contribution in [-0.4, -0.2) is 59.8 Å². The number of hydrogen-bond donors (Lipinski definition) is 1. The molecule has 1 saturated heterocycles. The third-order valence-electron chi connectivity index (χ3n) is 6.36. The van der Waals surface area contributed by atoms with Crippen LogP contribution in [-0.2, 0) is 30.2 Å². The van der Waals surface area contributed by atoms with Crippen molar-refractivity contribution in [3.8, 4) is 11.5 Å². The van der Waals surface area contributed by atoms with E-state index in [0.717, 1.165) is 12.1 Å². The minimum atomic E-state index is -4.74. The van der Waals surface area contributed by atoms with Crippen LogP contribution in [0.2, 0.25) is 0 Å². The van der Waals surface area contributed by atoms with E-state index >= 15 is 0 Å². The summed E-state index contributed by atoms with van der Waals surface area (Å²) >= 11 is 0. The summed E-state index contributed by atoms with van der Waals surface area (Å²) in [7, 11) is 1.19. The number of ether oxygens (including phenoxy) is 2. The van der Waals surface area contributed by atoms with Gasteiger partial charge >= 0.3 is 18.3 Å². The number of carboxylic acids is 1. The van der Waals surface area contributed by atoms with Crippen LogP contribution in [0.15, 0.2) is 30.3 Å². The molecule has 3 rings (SSSR count). The fraction of sp³-hybridized carbons (Fsp3) is 0.500. The zero-order valence-electron chi connectivity index (χ0n) is 21.5. The maximum Gasteiger partial charge on any atom is 0.419 e. The molecule has 0 saturated carbocycles. The average Bonchev–Trinajstić information content (AvgIpc) is 2.80. The van der Waals surface area contributed by atoms with Gasteiger partial charge in [-0.1, -0.05) is 12.1 Å². The van der Waals surface area contributed by atoms with Crippen molar-refractivity contribution in [1.29, 1.82) is 0 Å². The summed E-state index contributed by atoms with van der Waals surface area (Å²) < 4.78 is 91.1. The summed E-state index contributed by atoms with van der Waals surface area (Å²) in [6, 6.07) is 6.32. The summed E-state index contributed by atoms with van der Waals surface area (Å²) in [5.41, 5.74) is -2.47. The molecule has 1 N–H and O–H groups in total. The van der Waals surface area contributed by atoms with Crippen molar-refractivity contribution >= 4 is 5.97 Å². The van der Waals surface area contributed by atoms with Gasteiger partial charge in [-0.3, -0.25) is 9.80 Å². The Hall–Kier alpha value is -2.99. The zero-order valence-corrected chi connectivity index (χ0v) is 21.5. The largest absolute Gasteiger partial charge is 0.496 e. The Morgan fingerprint density at radius 2 is 1.39 bits per heavy atom. The number of carbonyl (C=O) groups is 1. The van der Waals surface area contributed by atoms with Crippen molar-refractivity contribution < 1.29 is 45.7 Å². The van der Waals surface area contributed by atoms with Gasteiger partial charge in [-0.15, -0.1) is 0 Å². The lowest BCUT2D eigenvalue weighted by molar-refractivity contribution is -0.155. The number of methoxy groups -OCH3 is 1. The van der Waals surface area contributed by atoms with E-state index in [1.54, 1.807) is 6.07 Å². The van der Waals surface area contributed by atoms with Crippen LogP contribution in [0, 0.1) is 6.92 Å². The molecule has 0 amide bonds. The van der Waals surface area contributed by atoms with E-state index in [-0.39, 0.29) is 17.9 Å². The number of carboxylic acid groups (broad SMARTS) is 1. The van der Waals surface area contributed by atoms with Crippen LogP contribution in [0.25, 0.3) is 0 Å². The van der Waals surface area contributed by atoms with Gasteiger partial charge in [-0.05, 0) is 55.7 Å². The van der Waals surface area contributed by atoms with Crippen LogP contribution >= 0.6 is 0 Å². The molecule has 6 nitrogen and oxygen atoms in total. The van der Waals surface area contributed by atoms with E-state index in [0.29, 0.717) is 43.9 Å². The average molecular weight is 549 g/mol. The predicted molar refractivity (Wildman–Crippen MR) is 127 cm³/mol. The number of rotatable bonds is 8. The van der Waals surface area contributed by atoms with Gasteiger partial charge in [0.05, 0.1) is 18.2 Å². The summed E-state index contributed by atoms with van der Waals surface area (Å²) in [5.74, 6) is -2.14. The predicted octanol–water partition coefficient (Wildman–Crippen LogP) is 5.60. The van der Waals surface area contributed by atoms with Gasteiger partial charge in [-0.2, -0.15) is 26.3 Å². The van der Waals surface area contributed by atoms with Crippen molar-refractivity contribution in [1.82, 2.24) is 9.80 Å². The highest BCUT2D eigenvalue weighted by Crippen LogP contribution is 2.41. The molecule has 210 valence electrons. The quantitative estimate of drug-likeness (QED) is 0.434. The standard InChI is InChI=1S/C26H30F6N2O4/c1-16-11-18(12-20(26(30,31)32)22(16)38-24(2,3)23(35)36)15-34-9-7-33(8-10-34)14-17-5-6-19(25(27,28)29)21(13-17)37-4/h5-6,11-13H,7-10,14-15H2,1-4H3,(H,35,36). The Morgan fingerprint density at radius 1 is 0.868 bits per heavy atom. The molecule has 0 aromatic heterocycles. The van der Waals surface area contributed by atoms with E-state index in [2.05, 4.69) is 4.90 Å². The number of benzene rings is 2. The number of hydrogen-bond acceptors (Lipinski definition) is 5. The summed E-state index contributed by atoms with van der Waals surface area (Å²) in [6.07, 6.45) is -9.26. The highest BCUT2D eigenvalue weighted by atomic mass is 19.4. The summed E-state index contributed by atoms with van der Waals surface area (Å²) in [6.45, 7) is 6.70. The minimum Gasteiger partial charge on any atom is -0.496 e. The maximum atomic E-state index is 13.8. The molecule has 0 radical (unpaired) electrons. The first-order valence-electron chi connectivity index (χ1n) is 11.8. The van der Waals surface area contributed by atoms with Crippen molar-refractivity contribution in [2.24, 2.45) is 0 Å². The molecule has 1 heterocycles. The Balaban J connectivity index is 1.68. The first kappa shape index (κ1) is 29.6. The molecule has 0 spiro atoms. The van der Waals surface area contributed by atoms with E-state index in [1.165, 1.54) is 40.0 Å². The second-order valence-corrected chi connectivity index (χ2v) is 9.79. The van der Waals surface area contributed by atoms with Crippen LogP contribution in [0.5, 0.6) is 11.5 Å². The Kier molecular flexibility index (Phi) is 8.57. The number of alkyl halides is 6. The van der Waals surface area contributed by atoms with Crippen LogP contribution in [0.4, 0.5) is 26.3 Å². The number of piperazine rings is 1. The van der Waals surface area contributed by atoms with E-state index in [1.807, 2.05) is 4.90 Å². The molecule has 2 aromatic carbocycles. The van der Waals surface area contributed by atoms with E-state index < -0.39 is 40.8 Å². The number of aliphatic carboxylic acids is 1. The van der Waals surface area contributed by atoms with Gasteiger partial charge in [0.2, 0.25) is 0 Å². The zero-order chi connectivity index (χ0) is 28.5. The summed E-state index contributed by atoms with van der Waals surface area (Å²) in [4.78, 5) is 15.4. The first-order chi connectivity index (χ1) is 17.5. The molecule has 38 heavy (non-hydrogen) atoms. The highest BCUT2D eigenvalue weighted by Gasteiger charge is 2.39. The third-order valence-corrected chi connectivity index (χ3v) is 6.36. The topological polar surface area (TPSA) is 62.2 Å². The van der Waals surface area contributed by atoms with Gasteiger partial charge in [0.1, 0.15) is 11.5 Å². The number of aryl methyl sites for hydroxylation is 1. The Morgan fingerprint density at radius 3 is 1.87 bits per heavy atom. The molecule has 0 aliphatic carbocycles. The van der Waals surface area contributed by atoms with Gasteiger partial charge in [0.25, 0.3) is 0 Å². The molecule has 0 bridgehead atoms. The van der Waals surface area contributed by atoms with E-state index in [4.69, 9.17) is 9.47 Å². The fourth-order valence-corrected chi connectivity index (χ4v) is 4.27. The van der Waals surface area contributed by atoms with E-state index in [9.17, 15) is 36.2 Å². The van der Waals surface area contributed by atoms with Gasteiger partial charge in [0.15, 0.2) is 5.60 Å². The molecule has 1 aliphatic heterocycles. The highest BCUT2D eigenvalue weighted by molar-refractivity contribution is 5.77. The lowest BCUT2D eigenvalue weighted by Gasteiger charge is -2.35. The molecular weight excluding hydrogens is 518 g/mol. The number of halogens is 6. The number of nitrogens with zero attached hydrogens (tertiary/aromatic N) is 2. The van der Waals surface area contributed by atoms with Crippen molar-refractivity contribution in [3.05, 3.63) is 58.1 Å². The Bertz CT molecular complexity index is 1160. The van der Waals surface area contributed by atoms with Crippen LogP contribution < -0.4 is 9.47 Å². The molecule has 2 aromatic rings. The van der Waals surface area contributed by atoms with Gasteiger partial charge < -0.3 is 14.6 Å². The minimum absolute atomic E-state index is 0.180. The van der Waals surface area contributed by atoms with Gasteiger partial charge in [0, 0.05) is 39.3 Å². The van der Waals surface area contributed by atoms with Gasteiger partial charge in [-0.25, -0.2) is 4.79 Å². The van der Waals surface area contributed by atoms with Crippen molar-refractivity contribution in [3.63, 3.8) is 0 Å². The van der Waals surface area contributed by atoms with Crippen LogP contribution in [0.1, 0.15) is 41.7 Å². The van der Waals surface area contributed by atoms with Crippen molar-refractivity contribution in [2.45, 2.75) is 51.8 Å². The second-order valence-electron chi connectivity index (χ2n) is 9.79. The Labute approximate surface area is 216 Å². The fourth-order valence-electron chi connectivity index (χ4n) is 4.27.